The highest BCUT2D eigenvalue weighted by atomic mass is 35.5. The molecule has 4 nitrogen and oxygen atoms in total. The first-order valence-corrected chi connectivity index (χ1v) is 6.29. The van der Waals surface area contributed by atoms with Crippen molar-refractivity contribution in [2.24, 2.45) is 0 Å². The quantitative estimate of drug-likeness (QED) is 0.820. The minimum Gasteiger partial charge on any atom is -0.350 e. The van der Waals surface area contributed by atoms with Crippen LogP contribution in [0, 0.1) is 0 Å². The van der Waals surface area contributed by atoms with Crippen molar-refractivity contribution in [2.75, 3.05) is 5.32 Å². The zero-order valence-corrected chi connectivity index (χ0v) is 10.5. The fraction of sp³-hybridized carbons (Fsp3) is 0.727. The van der Waals surface area contributed by atoms with Crippen molar-refractivity contribution < 1.29 is 0 Å². The molecule has 0 saturated heterocycles. The van der Waals surface area contributed by atoms with Crippen LogP contribution in [0.4, 0.5) is 5.95 Å². The molecule has 0 bridgehead atoms. The van der Waals surface area contributed by atoms with E-state index >= 15 is 0 Å². The minimum absolute atomic E-state index is 0.311. The second kappa shape index (κ2) is 4.95. The number of aromatic nitrogens is 3. The molecular formula is C11H17ClN4. The Morgan fingerprint density at radius 1 is 1.19 bits per heavy atom. The normalized spacial score (nSPS) is 23.9. The van der Waals surface area contributed by atoms with E-state index in [0.29, 0.717) is 17.4 Å². The summed E-state index contributed by atoms with van der Waals surface area (Å²) in [5.74, 6) is 0.641. The Morgan fingerprint density at radius 2 is 1.88 bits per heavy atom. The van der Waals surface area contributed by atoms with E-state index < -0.39 is 0 Å². The molecule has 0 unspecified atom stereocenters. The second-order valence-corrected chi connectivity index (χ2v) is 4.76. The van der Waals surface area contributed by atoms with Crippen LogP contribution in [0.3, 0.4) is 0 Å². The second-order valence-electron chi connectivity index (χ2n) is 4.15. The first kappa shape index (κ1) is 11.6. The number of nitrogens with zero attached hydrogens (tertiary/aromatic N) is 3. The largest absolute Gasteiger partial charge is 0.350 e. The maximum atomic E-state index is 5.92. The minimum atomic E-state index is 0.311. The van der Waals surface area contributed by atoms with E-state index in [1.807, 2.05) is 0 Å². The van der Waals surface area contributed by atoms with Crippen molar-refractivity contribution in [1.29, 1.82) is 0 Å². The molecule has 1 aromatic rings. The summed E-state index contributed by atoms with van der Waals surface area (Å²) in [4.78, 5) is 4.48. The maximum absolute atomic E-state index is 5.92. The van der Waals surface area contributed by atoms with Crippen molar-refractivity contribution in [3.63, 3.8) is 0 Å². The Labute approximate surface area is 101 Å². The molecule has 2 rings (SSSR count). The lowest BCUT2D eigenvalue weighted by molar-refractivity contribution is 0.451. The Kier molecular flexibility index (Phi) is 3.59. The fourth-order valence-electron chi connectivity index (χ4n) is 1.85. The molecule has 0 amide bonds. The molecule has 1 aromatic heterocycles. The standard InChI is InChI=1S/C11H17ClN4/c1-3-9-10(4-2)15-16-11(14-9)13-8-5-7(12)6-8/h7-8H,3-6H2,1-2H3,(H,13,14,16). The lowest BCUT2D eigenvalue weighted by atomic mass is 9.93. The van der Waals surface area contributed by atoms with Crippen LogP contribution in [-0.4, -0.2) is 26.6 Å². The van der Waals surface area contributed by atoms with Gasteiger partial charge in [0, 0.05) is 11.4 Å². The SMILES string of the molecule is CCc1nnc(NC2CC(Cl)C2)nc1CC. The summed E-state index contributed by atoms with van der Waals surface area (Å²) in [6.45, 7) is 4.16. The van der Waals surface area contributed by atoms with E-state index in [9.17, 15) is 0 Å². The van der Waals surface area contributed by atoms with Crippen LogP contribution in [0.25, 0.3) is 0 Å². The van der Waals surface area contributed by atoms with Crippen molar-refractivity contribution in [3.8, 4) is 0 Å². The Bertz CT molecular complexity index is 363. The third kappa shape index (κ3) is 2.43. The molecule has 1 heterocycles. The maximum Gasteiger partial charge on any atom is 0.243 e. The molecule has 16 heavy (non-hydrogen) atoms. The first-order valence-electron chi connectivity index (χ1n) is 5.86. The van der Waals surface area contributed by atoms with Gasteiger partial charge in [0.1, 0.15) is 0 Å². The van der Waals surface area contributed by atoms with Gasteiger partial charge in [-0.3, -0.25) is 0 Å². The van der Waals surface area contributed by atoms with E-state index in [2.05, 4.69) is 34.3 Å². The van der Waals surface area contributed by atoms with E-state index in [4.69, 9.17) is 11.6 Å². The predicted octanol–water partition coefficient (Wildman–Crippen LogP) is 2.18. The van der Waals surface area contributed by atoms with E-state index in [1.54, 1.807) is 0 Å². The lowest BCUT2D eigenvalue weighted by Crippen LogP contribution is -2.36. The van der Waals surface area contributed by atoms with Gasteiger partial charge in [0.25, 0.3) is 0 Å². The number of aryl methyl sites for hydroxylation is 2. The van der Waals surface area contributed by atoms with E-state index in [0.717, 1.165) is 37.1 Å². The van der Waals surface area contributed by atoms with Crippen LogP contribution in [0.1, 0.15) is 38.1 Å². The summed E-state index contributed by atoms with van der Waals surface area (Å²) in [7, 11) is 0. The average Bonchev–Trinajstić information content (AvgIpc) is 2.27. The highest BCUT2D eigenvalue weighted by molar-refractivity contribution is 6.21. The summed E-state index contributed by atoms with van der Waals surface area (Å²) in [5.41, 5.74) is 2.04. The van der Waals surface area contributed by atoms with Crippen molar-refractivity contribution in [3.05, 3.63) is 11.4 Å². The highest BCUT2D eigenvalue weighted by Gasteiger charge is 2.27. The number of halogens is 1. The molecule has 0 atom stereocenters. The van der Waals surface area contributed by atoms with Crippen molar-refractivity contribution >= 4 is 17.5 Å². The van der Waals surface area contributed by atoms with Gasteiger partial charge in [-0.1, -0.05) is 13.8 Å². The van der Waals surface area contributed by atoms with Gasteiger partial charge in [-0.15, -0.1) is 16.7 Å². The van der Waals surface area contributed by atoms with Gasteiger partial charge < -0.3 is 5.32 Å². The smallest absolute Gasteiger partial charge is 0.243 e. The van der Waals surface area contributed by atoms with Gasteiger partial charge >= 0.3 is 0 Å². The van der Waals surface area contributed by atoms with Gasteiger partial charge in [-0.2, -0.15) is 5.10 Å². The van der Waals surface area contributed by atoms with E-state index in [1.165, 1.54) is 0 Å². The number of nitrogens with one attached hydrogen (secondary N) is 1. The highest BCUT2D eigenvalue weighted by Crippen LogP contribution is 2.27. The summed E-state index contributed by atoms with van der Waals surface area (Å²) >= 11 is 5.92. The van der Waals surface area contributed by atoms with Gasteiger partial charge in [0.05, 0.1) is 11.4 Å². The summed E-state index contributed by atoms with van der Waals surface area (Å²) < 4.78 is 0. The Morgan fingerprint density at radius 3 is 2.44 bits per heavy atom. The van der Waals surface area contributed by atoms with Crippen LogP contribution in [0.15, 0.2) is 0 Å². The molecule has 0 aliphatic heterocycles. The first-order chi connectivity index (χ1) is 7.72. The van der Waals surface area contributed by atoms with Crippen molar-refractivity contribution in [2.45, 2.75) is 50.9 Å². The molecule has 1 aliphatic rings. The number of rotatable bonds is 4. The number of hydrogen-bond donors (Lipinski definition) is 1. The molecule has 0 aromatic carbocycles. The molecule has 1 saturated carbocycles. The monoisotopic (exact) mass is 240 g/mol. The van der Waals surface area contributed by atoms with Gasteiger partial charge in [0.15, 0.2) is 0 Å². The summed E-state index contributed by atoms with van der Waals surface area (Å²) in [5, 5.41) is 11.9. The van der Waals surface area contributed by atoms with E-state index in [-0.39, 0.29) is 0 Å². The van der Waals surface area contributed by atoms with Crippen LogP contribution < -0.4 is 5.32 Å². The summed E-state index contributed by atoms with van der Waals surface area (Å²) in [6.07, 6.45) is 3.76. The molecule has 0 radical (unpaired) electrons. The topological polar surface area (TPSA) is 50.7 Å². The molecule has 1 fully saturated rings. The lowest BCUT2D eigenvalue weighted by Gasteiger charge is -2.31. The predicted molar refractivity (Wildman–Crippen MR) is 64.9 cm³/mol. The van der Waals surface area contributed by atoms with Gasteiger partial charge in [-0.05, 0) is 25.7 Å². The van der Waals surface area contributed by atoms with Crippen LogP contribution in [0.2, 0.25) is 0 Å². The van der Waals surface area contributed by atoms with Gasteiger partial charge in [-0.25, -0.2) is 4.98 Å². The fourth-order valence-corrected chi connectivity index (χ4v) is 2.28. The average molecular weight is 241 g/mol. The molecule has 1 N–H and O–H groups in total. The van der Waals surface area contributed by atoms with Crippen LogP contribution >= 0.6 is 11.6 Å². The zero-order chi connectivity index (χ0) is 11.5. The third-order valence-corrected chi connectivity index (χ3v) is 3.28. The van der Waals surface area contributed by atoms with Crippen LogP contribution in [-0.2, 0) is 12.8 Å². The summed E-state index contributed by atoms with van der Waals surface area (Å²) in [6, 6.07) is 0.418. The molecule has 1 aliphatic carbocycles. The Hall–Kier alpha value is -0.900. The molecule has 5 heteroatoms. The van der Waals surface area contributed by atoms with Crippen LogP contribution in [0.5, 0.6) is 0 Å². The molecular weight excluding hydrogens is 224 g/mol. The molecule has 88 valence electrons. The number of alkyl halides is 1. The zero-order valence-electron chi connectivity index (χ0n) is 9.70. The van der Waals surface area contributed by atoms with Crippen molar-refractivity contribution in [1.82, 2.24) is 15.2 Å². The number of hydrogen-bond acceptors (Lipinski definition) is 4. The molecule has 0 spiro atoms. The number of anilines is 1. The third-order valence-electron chi connectivity index (χ3n) is 2.92. The van der Waals surface area contributed by atoms with Gasteiger partial charge in [0.2, 0.25) is 5.95 Å². The Balaban J connectivity index is 2.04.